The summed E-state index contributed by atoms with van der Waals surface area (Å²) in [5, 5.41) is 0. The minimum Gasteiger partial charge on any atom is -0.337 e. The van der Waals surface area contributed by atoms with Gasteiger partial charge in [0.25, 0.3) is 5.91 Å². The van der Waals surface area contributed by atoms with Crippen molar-refractivity contribution in [3.63, 3.8) is 0 Å². The second kappa shape index (κ2) is 4.16. The summed E-state index contributed by atoms with van der Waals surface area (Å²) in [6.45, 7) is 2.86. The molecule has 1 aromatic rings. The maximum absolute atomic E-state index is 13.2. The largest absolute Gasteiger partial charge is 0.337 e. The third-order valence-corrected chi connectivity index (χ3v) is 4.85. The van der Waals surface area contributed by atoms with E-state index in [2.05, 4.69) is 0 Å². The van der Waals surface area contributed by atoms with Crippen LogP contribution in [-0.2, 0) is 4.79 Å². The van der Waals surface area contributed by atoms with Gasteiger partial charge in [-0.15, -0.1) is 11.3 Å². The minimum absolute atomic E-state index is 0.0225. The van der Waals surface area contributed by atoms with Crippen molar-refractivity contribution in [2.75, 3.05) is 13.1 Å². The number of carbonyl (C=O) groups excluding carboxylic acids is 2. The van der Waals surface area contributed by atoms with E-state index in [1.54, 1.807) is 4.90 Å². The number of hydrogen-bond acceptors (Lipinski definition) is 3. The number of likely N-dealkylation sites (tertiary alicyclic amines) is 1. The van der Waals surface area contributed by atoms with Gasteiger partial charge < -0.3 is 4.90 Å². The Labute approximate surface area is 109 Å². The van der Waals surface area contributed by atoms with Crippen LogP contribution in [0.2, 0.25) is 0 Å². The number of hydrogen-bond donors (Lipinski definition) is 0. The number of nitrogens with zero attached hydrogens (tertiary/aromatic N) is 1. The van der Waals surface area contributed by atoms with Crippen LogP contribution in [0.5, 0.6) is 0 Å². The van der Waals surface area contributed by atoms with Crippen molar-refractivity contribution in [1.82, 2.24) is 4.90 Å². The maximum atomic E-state index is 13.2. The molecule has 0 radical (unpaired) electrons. The highest BCUT2D eigenvalue weighted by molar-refractivity contribution is 7.13. The molecule has 2 fully saturated rings. The highest BCUT2D eigenvalue weighted by atomic mass is 32.1. The van der Waals surface area contributed by atoms with Gasteiger partial charge in [-0.25, -0.2) is 4.39 Å². The highest BCUT2D eigenvalue weighted by Crippen LogP contribution is 2.37. The van der Waals surface area contributed by atoms with E-state index in [0.29, 0.717) is 18.0 Å². The lowest BCUT2D eigenvalue weighted by molar-refractivity contribution is -0.124. The van der Waals surface area contributed by atoms with E-state index in [1.807, 2.05) is 19.1 Å². The normalized spacial score (nSPS) is 30.9. The predicted molar refractivity (Wildman–Crippen MR) is 66.5 cm³/mol. The number of carbonyl (C=O) groups is 2. The molecule has 1 aliphatic carbocycles. The molecule has 1 aromatic heterocycles. The average Bonchev–Trinajstić information content (AvgIpc) is 2.98. The second-order valence-corrected chi connectivity index (χ2v) is 6.38. The summed E-state index contributed by atoms with van der Waals surface area (Å²) in [5.41, 5.74) is 0. The van der Waals surface area contributed by atoms with Crippen molar-refractivity contribution in [3.05, 3.63) is 21.9 Å². The molecule has 0 aromatic carbocycles. The molecule has 3 rings (SSSR count). The molecular formula is C13H14FNO2S. The van der Waals surface area contributed by atoms with Gasteiger partial charge >= 0.3 is 0 Å². The van der Waals surface area contributed by atoms with Gasteiger partial charge in [0.15, 0.2) is 12.0 Å². The summed E-state index contributed by atoms with van der Waals surface area (Å²) < 4.78 is 13.2. The fourth-order valence-corrected chi connectivity index (χ4v) is 3.75. The standard InChI is InChI=1S/C13H14FNO2S/c1-7-2-3-11(18-7)13(17)15-5-8-4-10(14)12(16)9(8)6-15/h2-3,8-10H,4-6H2,1H3/t8-,9+,10+/m0/s1. The molecule has 0 spiro atoms. The van der Waals surface area contributed by atoms with Gasteiger partial charge in [-0.1, -0.05) is 0 Å². The van der Waals surface area contributed by atoms with Crippen molar-refractivity contribution in [2.45, 2.75) is 19.5 Å². The number of alkyl halides is 1. The smallest absolute Gasteiger partial charge is 0.263 e. The molecule has 1 saturated heterocycles. The van der Waals surface area contributed by atoms with Crippen LogP contribution in [0.4, 0.5) is 4.39 Å². The number of thiophene rings is 1. The molecule has 0 N–H and O–H groups in total. The third kappa shape index (κ3) is 1.77. The Bertz CT molecular complexity index is 513. The van der Waals surface area contributed by atoms with E-state index in [1.165, 1.54) is 11.3 Å². The summed E-state index contributed by atoms with van der Waals surface area (Å²) in [5.74, 6) is -0.578. The Hall–Kier alpha value is -1.23. The minimum atomic E-state index is -1.30. The van der Waals surface area contributed by atoms with Crippen LogP contribution in [-0.4, -0.2) is 35.9 Å². The topological polar surface area (TPSA) is 37.4 Å². The Balaban J connectivity index is 1.74. The van der Waals surface area contributed by atoms with Gasteiger partial charge in [0.1, 0.15) is 0 Å². The first-order valence-electron chi connectivity index (χ1n) is 6.10. The molecule has 96 valence electrons. The lowest BCUT2D eigenvalue weighted by Gasteiger charge is -2.16. The van der Waals surface area contributed by atoms with Crippen molar-refractivity contribution in [2.24, 2.45) is 11.8 Å². The molecule has 2 aliphatic rings. The molecule has 2 heterocycles. The zero-order valence-corrected chi connectivity index (χ0v) is 10.9. The monoisotopic (exact) mass is 267 g/mol. The van der Waals surface area contributed by atoms with Crippen LogP contribution in [0.15, 0.2) is 12.1 Å². The van der Waals surface area contributed by atoms with Crippen LogP contribution >= 0.6 is 11.3 Å². The number of rotatable bonds is 1. The molecule has 3 nitrogen and oxygen atoms in total. The van der Waals surface area contributed by atoms with Crippen LogP contribution in [0.25, 0.3) is 0 Å². The number of fused-ring (bicyclic) bond motifs is 1. The van der Waals surface area contributed by atoms with Crippen molar-refractivity contribution in [1.29, 1.82) is 0 Å². The van der Waals surface area contributed by atoms with Crippen molar-refractivity contribution in [3.8, 4) is 0 Å². The zero-order chi connectivity index (χ0) is 12.9. The van der Waals surface area contributed by atoms with Crippen LogP contribution in [0.3, 0.4) is 0 Å². The summed E-state index contributed by atoms with van der Waals surface area (Å²) in [6.07, 6.45) is -1.02. The average molecular weight is 267 g/mol. The van der Waals surface area contributed by atoms with Gasteiger partial charge in [-0.2, -0.15) is 0 Å². The fourth-order valence-electron chi connectivity index (χ4n) is 2.92. The van der Waals surface area contributed by atoms with Gasteiger partial charge in [0.2, 0.25) is 0 Å². The number of ketones is 1. The second-order valence-electron chi connectivity index (χ2n) is 5.09. The van der Waals surface area contributed by atoms with Crippen molar-refractivity contribution >= 4 is 23.0 Å². The molecule has 3 atom stereocenters. The molecule has 1 amide bonds. The molecular weight excluding hydrogens is 253 g/mol. The van der Waals surface area contributed by atoms with E-state index in [9.17, 15) is 14.0 Å². The summed E-state index contributed by atoms with van der Waals surface area (Å²) in [6, 6.07) is 3.73. The van der Waals surface area contributed by atoms with Crippen molar-refractivity contribution < 1.29 is 14.0 Å². The van der Waals surface area contributed by atoms with Gasteiger partial charge in [-0.05, 0) is 31.4 Å². The Morgan fingerprint density at radius 2 is 2.22 bits per heavy atom. The maximum Gasteiger partial charge on any atom is 0.263 e. The molecule has 0 unspecified atom stereocenters. The third-order valence-electron chi connectivity index (χ3n) is 3.86. The molecule has 18 heavy (non-hydrogen) atoms. The Morgan fingerprint density at radius 1 is 1.44 bits per heavy atom. The first-order chi connectivity index (χ1) is 8.56. The van der Waals surface area contributed by atoms with Gasteiger partial charge in [-0.3, -0.25) is 9.59 Å². The first kappa shape index (κ1) is 11.8. The predicted octanol–water partition coefficient (Wildman–Crippen LogP) is 2.06. The number of halogens is 1. The highest BCUT2D eigenvalue weighted by Gasteiger charge is 2.48. The van der Waals surface area contributed by atoms with Crippen LogP contribution in [0.1, 0.15) is 21.0 Å². The molecule has 1 saturated carbocycles. The van der Waals surface area contributed by atoms with Crippen LogP contribution in [0, 0.1) is 18.8 Å². The first-order valence-corrected chi connectivity index (χ1v) is 6.91. The quantitative estimate of drug-likeness (QED) is 0.781. The van der Waals surface area contributed by atoms with Gasteiger partial charge in [0, 0.05) is 23.9 Å². The Morgan fingerprint density at radius 3 is 2.83 bits per heavy atom. The lowest BCUT2D eigenvalue weighted by atomic mass is 10.0. The summed E-state index contributed by atoms with van der Waals surface area (Å²) >= 11 is 1.46. The van der Waals surface area contributed by atoms with Gasteiger partial charge in [0.05, 0.1) is 4.88 Å². The van der Waals surface area contributed by atoms with Crippen LogP contribution < -0.4 is 0 Å². The van der Waals surface area contributed by atoms with E-state index in [4.69, 9.17) is 0 Å². The lowest BCUT2D eigenvalue weighted by Crippen LogP contribution is -2.31. The number of Topliss-reactive ketones (excluding diaryl/α,β-unsaturated/α-hetero) is 1. The van der Waals surface area contributed by atoms with E-state index in [0.717, 1.165) is 4.88 Å². The SMILES string of the molecule is Cc1ccc(C(=O)N2C[C@@H]3C[C@@H](F)C(=O)[C@@H]3C2)s1. The molecule has 1 aliphatic heterocycles. The molecule has 5 heteroatoms. The van der Waals surface area contributed by atoms with E-state index < -0.39 is 6.17 Å². The zero-order valence-electron chi connectivity index (χ0n) is 10.1. The number of amides is 1. The Kier molecular flexibility index (Phi) is 2.73. The van der Waals surface area contributed by atoms with E-state index >= 15 is 0 Å². The van der Waals surface area contributed by atoms with E-state index in [-0.39, 0.29) is 29.9 Å². The fraction of sp³-hybridized carbons (Fsp3) is 0.538. The summed E-state index contributed by atoms with van der Waals surface area (Å²) in [7, 11) is 0. The summed E-state index contributed by atoms with van der Waals surface area (Å²) in [4.78, 5) is 27.3. The number of aryl methyl sites for hydroxylation is 1. The molecule has 0 bridgehead atoms.